The zero-order valence-corrected chi connectivity index (χ0v) is 20.0. The van der Waals surface area contributed by atoms with Crippen molar-refractivity contribution in [3.63, 3.8) is 0 Å². The number of nitrogens with one attached hydrogen (secondary N) is 2. The van der Waals surface area contributed by atoms with Gasteiger partial charge in [0, 0.05) is 55.9 Å². The number of ether oxygens (including phenoxy) is 1. The Morgan fingerprint density at radius 2 is 2.18 bits per heavy atom. The Bertz CT molecular complexity index is 1390. The number of H-pyrrole nitrogens is 1. The molecule has 0 saturated carbocycles. The van der Waals surface area contributed by atoms with Crippen molar-refractivity contribution in [2.75, 3.05) is 25.0 Å². The number of hydrogen-bond donors (Lipinski definition) is 2. The third kappa shape index (κ3) is 4.01. The lowest BCUT2D eigenvalue weighted by molar-refractivity contribution is 0.260. The van der Waals surface area contributed by atoms with E-state index >= 15 is 0 Å². The lowest BCUT2D eigenvalue weighted by Gasteiger charge is -2.36. The van der Waals surface area contributed by atoms with E-state index in [1.807, 2.05) is 26.1 Å². The first-order valence-corrected chi connectivity index (χ1v) is 12.6. The van der Waals surface area contributed by atoms with Crippen molar-refractivity contribution < 1.29 is 13.2 Å². The maximum atomic E-state index is 13.0. The van der Waals surface area contributed by atoms with Crippen LogP contribution in [0.15, 0.2) is 41.9 Å². The van der Waals surface area contributed by atoms with Crippen LogP contribution in [0.25, 0.3) is 16.8 Å². The highest BCUT2D eigenvalue weighted by Gasteiger charge is 2.34. The molecule has 0 radical (unpaired) electrons. The molecular formula is C21H27N9O3S. The Morgan fingerprint density at radius 3 is 2.85 bits per heavy atom. The summed E-state index contributed by atoms with van der Waals surface area (Å²) in [6.07, 6.45) is 8.93. The fourth-order valence-corrected chi connectivity index (χ4v) is 5.82. The van der Waals surface area contributed by atoms with E-state index in [1.165, 1.54) is 21.4 Å². The number of aromatic amines is 1. The van der Waals surface area contributed by atoms with Gasteiger partial charge in [-0.05, 0) is 25.3 Å². The van der Waals surface area contributed by atoms with Gasteiger partial charge in [-0.2, -0.15) is 19.5 Å². The summed E-state index contributed by atoms with van der Waals surface area (Å²) in [7, 11) is -1.86. The van der Waals surface area contributed by atoms with Crippen LogP contribution in [-0.2, 0) is 17.1 Å². The molecule has 13 heteroatoms. The normalized spacial score (nSPS) is 19.5. The Labute approximate surface area is 197 Å². The molecule has 1 aliphatic heterocycles. The summed E-state index contributed by atoms with van der Waals surface area (Å²) in [4.78, 5) is 4.91. The predicted molar refractivity (Wildman–Crippen MR) is 125 cm³/mol. The fourth-order valence-electron chi connectivity index (χ4n) is 4.28. The molecule has 4 aromatic heterocycles. The summed E-state index contributed by atoms with van der Waals surface area (Å²) < 4.78 is 36.5. The summed E-state index contributed by atoms with van der Waals surface area (Å²) in [6.45, 7) is 5.24. The van der Waals surface area contributed by atoms with Crippen LogP contribution in [0.3, 0.4) is 0 Å². The average Bonchev–Trinajstić information content (AvgIpc) is 3.56. The molecule has 1 fully saturated rings. The summed E-state index contributed by atoms with van der Waals surface area (Å²) in [6, 6.07) is 1.95. The molecular weight excluding hydrogens is 458 g/mol. The summed E-state index contributed by atoms with van der Waals surface area (Å²) >= 11 is 0. The third-order valence-electron chi connectivity index (χ3n) is 6.06. The number of piperidine rings is 1. The van der Waals surface area contributed by atoms with Gasteiger partial charge in [-0.25, -0.2) is 12.9 Å². The lowest BCUT2D eigenvalue weighted by atomic mass is 9.95. The number of aromatic nitrogens is 7. The Morgan fingerprint density at radius 1 is 1.32 bits per heavy atom. The van der Waals surface area contributed by atoms with Gasteiger partial charge >= 0.3 is 0 Å². The molecule has 0 bridgehead atoms. The van der Waals surface area contributed by atoms with Gasteiger partial charge in [-0.3, -0.25) is 9.78 Å². The zero-order valence-electron chi connectivity index (χ0n) is 19.2. The second-order valence-corrected chi connectivity index (χ2v) is 10.3. The second kappa shape index (κ2) is 8.72. The van der Waals surface area contributed by atoms with Crippen molar-refractivity contribution in [3.05, 3.63) is 37.1 Å². The molecule has 34 heavy (non-hydrogen) atoms. The SMILES string of the molecule is CCOc1c(-c2cn[nH]c2)ccn2nc(N[C@H]3CCN(S(=O)(=O)c4cnn(C)c4)C[C@H]3C)nc12. The number of sulfonamides is 1. The topological polar surface area (TPSA) is 135 Å². The summed E-state index contributed by atoms with van der Waals surface area (Å²) in [5, 5.41) is 18.8. The highest BCUT2D eigenvalue weighted by molar-refractivity contribution is 7.89. The van der Waals surface area contributed by atoms with Crippen LogP contribution in [0, 0.1) is 5.92 Å². The van der Waals surface area contributed by atoms with Crippen molar-refractivity contribution in [2.45, 2.75) is 31.2 Å². The summed E-state index contributed by atoms with van der Waals surface area (Å²) in [5.74, 6) is 1.17. The van der Waals surface area contributed by atoms with E-state index in [2.05, 4.69) is 25.7 Å². The lowest BCUT2D eigenvalue weighted by Crippen LogP contribution is -2.47. The Balaban J connectivity index is 1.35. The molecule has 2 N–H and O–H groups in total. The molecule has 5 heterocycles. The van der Waals surface area contributed by atoms with Gasteiger partial charge in [0.2, 0.25) is 16.0 Å². The molecule has 180 valence electrons. The van der Waals surface area contributed by atoms with Crippen LogP contribution in [0.2, 0.25) is 0 Å². The highest BCUT2D eigenvalue weighted by atomic mass is 32.2. The van der Waals surface area contributed by atoms with Crippen LogP contribution >= 0.6 is 0 Å². The first kappa shape index (κ1) is 22.3. The number of aryl methyl sites for hydroxylation is 1. The van der Waals surface area contributed by atoms with Crippen LogP contribution < -0.4 is 10.1 Å². The molecule has 0 aromatic carbocycles. The molecule has 12 nitrogen and oxygen atoms in total. The van der Waals surface area contributed by atoms with Crippen LogP contribution in [0.4, 0.5) is 5.95 Å². The zero-order chi connectivity index (χ0) is 23.9. The molecule has 1 aliphatic rings. The smallest absolute Gasteiger partial charge is 0.246 e. The molecule has 5 rings (SSSR count). The molecule has 0 amide bonds. The Kier molecular flexibility index (Phi) is 5.73. The highest BCUT2D eigenvalue weighted by Crippen LogP contribution is 2.33. The minimum absolute atomic E-state index is 0.0293. The van der Waals surface area contributed by atoms with Crippen molar-refractivity contribution in [3.8, 4) is 16.9 Å². The van der Waals surface area contributed by atoms with Gasteiger partial charge < -0.3 is 10.1 Å². The maximum Gasteiger partial charge on any atom is 0.246 e. The summed E-state index contributed by atoms with van der Waals surface area (Å²) in [5.41, 5.74) is 2.39. The van der Waals surface area contributed by atoms with Crippen molar-refractivity contribution >= 4 is 21.6 Å². The molecule has 0 unspecified atom stereocenters. The van der Waals surface area contributed by atoms with Gasteiger partial charge in [-0.15, -0.1) is 5.10 Å². The first-order chi connectivity index (χ1) is 16.4. The maximum absolute atomic E-state index is 13.0. The van der Waals surface area contributed by atoms with Gasteiger partial charge in [0.05, 0.1) is 19.0 Å². The minimum Gasteiger partial charge on any atom is -0.489 e. The molecule has 0 spiro atoms. The van der Waals surface area contributed by atoms with E-state index in [0.29, 0.717) is 43.5 Å². The second-order valence-electron chi connectivity index (χ2n) is 8.41. The van der Waals surface area contributed by atoms with Crippen LogP contribution in [0.1, 0.15) is 20.3 Å². The van der Waals surface area contributed by atoms with Crippen LogP contribution in [0.5, 0.6) is 5.75 Å². The quantitative estimate of drug-likeness (QED) is 0.404. The largest absolute Gasteiger partial charge is 0.489 e. The van der Waals surface area contributed by atoms with E-state index < -0.39 is 10.0 Å². The third-order valence-corrected chi connectivity index (χ3v) is 7.88. The van der Waals surface area contributed by atoms with E-state index in [4.69, 9.17) is 9.72 Å². The number of pyridine rings is 1. The molecule has 2 atom stereocenters. The van der Waals surface area contributed by atoms with Crippen molar-refractivity contribution in [1.29, 1.82) is 0 Å². The number of rotatable bonds is 7. The van der Waals surface area contributed by atoms with E-state index in [9.17, 15) is 8.42 Å². The van der Waals surface area contributed by atoms with Crippen molar-refractivity contribution in [1.82, 2.24) is 38.9 Å². The van der Waals surface area contributed by atoms with Gasteiger partial charge in [0.15, 0.2) is 11.4 Å². The number of nitrogens with zero attached hydrogens (tertiary/aromatic N) is 7. The molecule has 1 saturated heterocycles. The Hall–Kier alpha value is -3.45. The minimum atomic E-state index is -3.57. The molecule has 0 aliphatic carbocycles. The van der Waals surface area contributed by atoms with E-state index in [0.717, 1.165) is 11.1 Å². The van der Waals surface area contributed by atoms with Crippen molar-refractivity contribution in [2.24, 2.45) is 13.0 Å². The van der Waals surface area contributed by atoms with Gasteiger partial charge in [0.1, 0.15) is 4.90 Å². The number of fused-ring (bicyclic) bond motifs is 1. The monoisotopic (exact) mass is 485 g/mol. The van der Waals surface area contributed by atoms with E-state index in [1.54, 1.807) is 24.0 Å². The first-order valence-electron chi connectivity index (χ1n) is 11.1. The van der Waals surface area contributed by atoms with Crippen LogP contribution in [-0.4, -0.2) is 73.0 Å². The fraction of sp³-hybridized carbons (Fsp3) is 0.429. The van der Waals surface area contributed by atoms with Gasteiger partial charge in [-0.1, -0.05) is 6.92 Å². The molecule has 4 aromatic rings. The number of hydrogen-bond acceptors (Lipinski definition) is 8. The van der Waals surface area contributed by atoms with E-state index in [-0.39, 0.29) is 16.9 Å². The average molecular weight is 486 g/mol. The standard InChI is InChI=1S/C21H27N9O3S/c1-4-33-19-17(15-9-22-23-10-15)5-8-30-20(19)26-21(27-30)25-18-6-7-29(12-14(18)2)34(31,32)16-11-24-28(3)13-16/h5,8-11,13-14,18H,4,6-7,12H2,1-3H3,(H,22,23)(H,25,27)/t14-,18+/m1/s1. The number of anilines is 1. The van der Waals surface area contributed by atoms with Gasteiger partial charge in [0.25, 0.3) is 0 Å². The predicted octanol–water partition coefficient (Wildman–Crippen LogP) is 1.76.